The molecule has 1 aliphatic heterocycles. The predicted molar refractivity (Wildman–Crippen MR) is 127 cm³/mol. The molecule has 3 unspecified atom stereocenters. The molecule has 0 aliphatic carbocycles. The highest BCUT2D eigenvalue weighted by Gasteiger charge is 2.39. The van der Waals surface area contributed by atoms with Crippen LogP contribution in [-0.2, 0) is 14.2 Å². The number of thioether (sulfide) groups is 1. The SMILES string of the molecule is O=C(OCC1C(C=CSc2ccccc2)OCC1OC(=O)c1ccccc1)c1ccccc1. The van der Waals surface area contributed by atoms with Crippen molar-refractivity contribution in [3.05, 3.63) is 114 Å². The molecule has 1 heterocycles. The predicted octanol–water partition coefficient (Wildman–Crippen LogP) is 5.39. The second-order valence-electron chi connectivity index (χ2n) is 7.50. The van der Waals surface area contributed by atoms with E-state index < -0.39 is 18.0 Å². The molecule has 0 radical (unpaired) electrons. The summed E-state index contributed by atoms with van der Waals surface area (Å²) in [5.74, 6) is -1.16. The van der Waals surface area contributed by atoms with Gasteiger partial charge in [-0.05, 0) is 47.9 Å². The second-order valence-corrected chi connectivity index (χ2v) is 8.47. The van der Waals surface area contributed by atoms with Gasteiger partial charge < -0.3 is 14.2 Å². The summed E-state index contributed by atoms with van der Waals surface area (Å²) in [7, 11) is 0. The van der Waals surface area contributed by atoms with E-state index in [1.54, 1.807) is 60.3 Å². The molecule has 5 nitrogen and oxygen atoms in total. The number of hydrogen-bond acceptors (Lipinski definition) is 6. The monoisotopic (exact) mass is 460 g/mol. The van der Waals surface area contributed by atoms with Crippen LogP contribution in [0.25, 0.3) is 0 Å². The van der Waals surface area contributed by atoms with E-state index in [1.165, 1.54) is 0 Å². The van der Waals surface area contributed by atoms with Crippen molar-refractivity contribution in [3.63, 3.8) is 0 Å². The van der Waals surface area contributed by atoms with E-state index in [0.717, 1.165) is 4.90 Å². The summed E-state index contributed by atoms with van der Waals surface area (Å²) in [6.45, 7) is 0.308. The van der Waals surface area contributed by atoms with Gasteiger partial charge in [0.2, 0.25) is 0 Å². The van der Waals surface area contributed by atoms with Crippen molar-refractivity contribution in [2.75, 3.05) is 13.2 Å². The lowest BCUT2D eigenvalue weighted by atomic mass is 10.00. The molecular formula is C27H24O5S. The van der Waals surface area contributed by atoms with Gasteiger partial charge in [-0.2, -0.15) is 0 Å². The fourth-order valence-electron chi connectivity index (χ4n) is 3.49. The largest absolute Gasteiger partial charge is 0.462 e. The zero-order valence-corrected chi connectivity index (χ0v) is 18.7. The quantitative estimate of drug-likeness (QED) is 0.332. The smallest absolute Gasteiger partial charge is 0.338 e. The first-order valence-electron chi connectivity index (χ1n) is 10.7. The average Bonchev–Trinajstić information content (AvgIpc) is 3.25. The topological polar surface area (TPSA) is 61.8 Å². The molecule has 1 fully saturated rings. The first-order chi connectivity index (χ1) is 16.2. The Morgan fingerprint density at radius 3 is 2.06 bits per heavy atom. The molecule has 3 aromatic carbocycles. The molecule has 168 valence electrons. The van der Waals surface area contributed by atoms with E-state index in [9.17, 15) is 9.59 Å². The molecule has 4 rings (SSSR count). The average molecular weight is 461 g/mol. The fraction of sp³-hybridized carbons (Fsp3) is 0.185. The van der Waals surface area contributed by atoms with Gasteiger partial charge in [-0.3, -0.25) is 0 Å². The van der Waals surface area contributed by atoms with Crippen molar-refractivity contribution >= 4 is 23.7 Å². The first kappa shape index (κ1) is 22.8. The number of ether oxygens (including phenoxy) is 3. The summed E-state index contributed by atoms with van der Waals surface area (Å²) < 4.78 is 17.2. The minimum atomic E-state index is -0.530. The van der Waals surface area contributed by atoms with Crippen molar-refractivity contribution in [1.29, 1.82) is 0 Å². The van der Waals surface area contributed by atoms with Crippen LogP contribution in [-0.4, -0.2) is 37.4 Å². The van der Waals surface area contributed by atoms with Gasteiger partial charge >= 0.3 is 11.9 Å². The third-order valence-electron chi connectivity index (χ3n) is 5.25. The Bertz CT molecular complexity index is 1070. The number of rotatable bonds is 8. The standard InChI is InChI=1S/C27H24O5S/c28-26(20-10-4-1-5-11-20)31-18-23-24(16-17-33-22-14-8-3-9-15-22)30-19-25(23)32-27(29)21-12-6-2-7-13-21/h1-17,23-25H,18-19H2. The Balaban J connectivity index is 1.44. The Labute approximate surface area is 197 Å². The van der Waals surface area contributed by atoms with E-state index in [2.05, 4.69) is 0 Å². The summed E-state index contributed by atoms with van der Waals surface area (Å²) in [6.07, 6.45) is 1.05. The van der Waals surface area contributed by atoms with Crippen LogP contribution in [0.5, 0.6) is 0 Å². The fourth-order valence-corrected chi connectivity index (χ4v) is 4.19. The lowest BCUT2D eigenvalue weighted by molar-refractivity contribution is 0.00722. The molecule has 6 heteroatoms. The van der Waals surface area contributed by atoms with E-state index in [1.807, 2.05) is 53.9 Å². The van der Waals surface area contributed by atoms with Crippen LogP contribution >= 0.6 is 11.8 Å². The first-order valence-corrected chi connectivity index (χ1v) is 11.6. The zero-order valence-electron chi connectivity index (χ0n) is 17.9. The van der Waals surface area contributed by atoms with Gasteiger partial charge in [0.05, 0.1) is 29.8 Å². The van der Waals surface area contributed by atoms with E-state index in [4.69, 9.17) is 14.2 Å². The molecule has 1 aliphatic rings. The molecule has 0 bridgehead atoms. The number of carbonyl (C=O) groups is 2. The maximum absolute atomic E-state index is 12.6. The summed E-state index contributed by atoms with van der Waals surface area (Å²) in [5, 5.41) is 1.95. The third kappa shape index (κ3) is 6.34. The van der Waals surface area contributed by atoms with Crippen LogP contribution in [0.15, 0.2) is 107 Å². The molecule has 0 saturated carbocycles. The van der Waals surface area contributed by atoms with Crippen molar-refractivity contribution in [3.8, 4) is 0 Å². The lowest BCUT2D eigenvalue weighted by Gasteiger charge is -2.21. The number of benzene rings is 3. The van der Waals surface area contributed by atoms with Crippen LogP contribution in [0.4, 0.5) is 0 Å². The molecule has 3 aromatic rings. The minimum absolute atomic E-state index is 0.0749. The van der Waals surface area contributed by atoms with E-state index >= 15 is 0 Å². The Morgan fingerprint density at radius 2 is 1.42 bits per heavy atom. The zero-order chi connectivity index (χ0) is 22.9. The summed E-state index contributed by atoms with van der Waals surface area (Å²) in [4.78, 5) is 26.2. The highest BCUT2D eigenvalue weighted by atomic mass is 32.2. The number of carbonyl (C=O) groups excluding carboxylic acids is 2. The normalized spacial score (nSPS) is 19.9. The molecule has 0 amide bonds. The molecule has 0 N–H and O–H groups in total. The lowest BCUT2D eigenvalue weighted by Crippen LogP contribution is -2.32. The Morgan fingerprint density at radius 1 is 0.848 bits per heavy atom. The van der Waals surface area contributed by atoms with E-state index in [-0.39, 0.29) is 25.2 Å². The summed E-state index contributed by atoms with van der Waals surface area (Å²) in [6, 6.07) is 27.6. The molecule has 0 spiro atoms. The van der Waals surface area contributed by atoms with E-state index in [0.29, 0.717) is 11.1 Å². The Kier molecular flexibility index (Phi) is 7.95. The van der Waals surface area contributed by atoms with Crippen molar-refractivity contribution in [2.45, 2.75) is 17.1 Å². The van der Waals surface area contributed by atoms with Crippen LogP contribution in [0, 0.1) is 5.92 Å². The maximum atomic E-state index is 12.6. The van der Waals surface area contributed by atoms with Gasteiger partial charge in [0, 0.05) is 4.90 Å². The molecule has 1 saturated heterocycles. The van der Waals surface area contributed by atoms with Crippen molar-refractivity contribution in [2.24, 2.45) is 5.92 Å². The van der Waals surface area contributed by atoms with Gasteiger partial charge in [0.15, 0.2) is 0 Å². The minimum Gasteiger partial charge on any atom is -0.462 e. The highest BCUT2D eigenvalue weighted by Crippen LogP contribution is 2.29. The van der Waals surface area contributed by atoms with Crippen molar-refractivity contribution in [1.82, 2.24) is 0 Å². The summed E-state index contributed by atoms with van der Waals surface area (Å²) in [5.41, 5.74) is 0.942. The van der Waals surface area contributed by atoms with Gasteiger partial charge in [-0.1, -0.05) is 66.4 Å². The van der Waals surface area contributed by atoms with Gasteiger partial charge in [-0.15, -0.1) is 0 Å². The summed E-state index contributed by atoms with van der Waals surface area (Å²) >= 11 is 1.57. The molecular weight excluding hydrogens is 436 g/mol. The van der Waals surface area contributed by atoms with Gasteiger partial charge in [-0.25, -0.2) is 9.59 Å². The number of esters is 2. The molecule has 0 aromatic heterocycles. The van der Waals surface area contributed by atoms with Crippen LogP contribution in [0.3, 0.4) is 0 Å². The third-order valence-corrected chi connectivity index (χ3v) is 6.09. The molecule has 33 heavy (non-hydrogen) atoms. The van der Waals surface area contributed by atoms with Gasteiger partial charge in [0.1, 0.15) is 12.7 Å². The molecule has 3 atom stereocenters. The number of hydrogen-bond donors (Lipinski definition) is 0. The van der Waals surface area contributed by atoms with Crippen LogP contribution in [0.1, 0.15) is 20.7 Å². The van der Waals surface area contributed by atoms with Crippen molar-refractivity contribution < 1.29 is 23.8 Å². The maximum Gasteiger partial charge on any atom is 0.338 e. The highest BCUT2D eigenvalue weighted by molar-refractivity contribution is 8.02. The van der Waals surface area contributed by atoms with Gasteiger partial charge in [0.25, 0.3) is 0 Å². The van der Waals surface area contributed by atoms with Crippen LogP contribution in [0.2, 0.25) is 0 Å². The Hall–Kier alpha value is -3.35. The second kappa shape index (κ2) is 11.5. The van der Waals surface area contributed by atoms with Crippen LogP contribution < -0.4 is 0 Å².